The number of nitrogens with zero attached hydrogens (tertiary/aromatic N) is 3. The van der Waals surface area contributed by atoms with E-state index in [0.29, 0.717) is 24.3 Å². The fourth-order valence-electron chi connectivity index (χ4n) is 1.40. The van der Waals surface area contributed by atoms with Gasteiger partial charge in [0.15, 0.2) is 0 Å². The highest BCUT2D eigenvalue weighted by atomic mass is 35.5. The van der Waals surface area contributed by atoms with E-state index >= 15 is 0 Å². The van der Waals surface area contributed by atoms with Gasteiger partial charge in [-0.1, -0.05) is 11.6 Å². The Hall–Kier alpha value is -0.580. The second kappa shape index (κ2) is 5.49. The molecule has 5 heteroatoms. The molecule has 0 amide bonds. The van der Waals surface area contributed by atoms with Crippen molar-refractivity contribution in [2.24, 2.45) is 7.05 Å². The van der Waals surface area contributed by atoms with Crippen molar-refractivity contribution in [3.8, 4) is 0 Å². The zero-order chi connectivity index (χ0) is 11.4. The lowest BCUT2D eigenvalue weighted by Crippen LogP contribution is -2.33. The molecule has 0 aliphatic carbocycles. The normalized spacial score (nSPS) is 11.7. The second-order valence-electron chi connectivity index (χ2n) is 3.84. The number of imidazole rings is 1. The van der Waals surface area contributed by atoms with Crippen molar-refractivity contribution in [1.82, 2.24) is 14.5 Å². The first-order chi connectivity index (χ1) is 7.06. The van der Waals surface area contributed by atoms with Crippen LogP contribution in [-0.4, -0.2) is 38.8 Å². The van der Waals surface area contributed by atoms with Crippen molar-refractivity contribution < 1.29 is 5.11 Å². The van der Waals surface area contributed by atoms with E-state index in [9.17, 15) is 0 Å². The third kappa shape index (κ3) is 3.19. The topological polar surface area (TPSA) is 41.3 Å². The molecule has 1 heterocycles. The molecule has 1 N–H and O–H groups in total. The van der Waals surface area contributed by atoms with Gasteiger partial charge in [0.2, 0.25) is 0 Å². The molecular formula is C10H18ClN3O. The van der Waals surface area contributed by atoms with Crippen molar-refractivity contribution in [3.05, 3.63) is 17.2 Å². The molecule has 0 radical (unpaired) electrons. The molecule has 0 aliphatic heterocycles. The van der Waals surface area contributed by atoms with Gasteiger partial charge in [-0.3, -0.25) is 4.90 Å². The number of aliphatic hydroxyl groups is 1. The molecule has 0 atom stereocenters. The summed E-state index contributed by atoms with van der Waals surface area (Å²) in [6.45, 7) is 5.72. The molecule has 0 bridgehead atoms. The molecule has 0 saturated heterocycles. The van der Waals surface area contributed by atoms with Crippen LogP contribution in [0.5, 0.6) is 0 Å². The van der Waals surface area contributed by atoms with Gasteiger partial charge in [-0.05, 0) is 13.8 Å². The quantitative estimate of drug-likeness (QED) is 0.830. The monoisotopic (exact) mass is 231 g/mol. The second-order valence-corrected chi connectivity index (χ2v) is 4.23. The Balaban J connectivity index is 2.69. The van der Waals surface area contributed by atoms with Crippen LogP contribution in [0.25, 0.3) is 0 Å². The fraction of sp³-hybridized carbons (Fsp3) is 0.700. The Morgan fingerprint density at radius 3 is 2.67 bits per heavy atom. The van der Waals surface area contributed by atoms with Gasteiger partial charge < -0.3 is 9.67 Å². The Morgan fingerprint density at radius 2 is 2.27 bits per heavy atom. The molecule has 0 aromatic carbocycles. The zero-order valence-electron chi connectivity index (χ0n) is 9.44. The van der Waals surface area contributed by atoms with E-state index in [1.165, 1.54) is 0 Å². The van der Waals surface area contributed by atoms with Crippen LogP contribution in [0.2, 0.25) is 5.15 Å². The lowest BCUT2D eigenvalue weighted by molar-refractivity contribution is 0.155. The molecule has 0 spiro atoms. The molecule has 1 aromatic rings. The molecule has 0 saturated carbocycles. The molecule has 4 nitrogen and oxygen atoms in total. The maximum absolute atomic E-state index is 8.94. The minimum atomic E-state index is 0.163. The van der Waals surface area contributed by atoms with E-state index < -0.39 is 0 Å². The number of hydrogen-bond donors (Lipinski definition) is 1. The lowest BCUT2D eigenvalue weighted by atomic mass is 10.3. The predicted molar refractivity (Wildman–Crippen MR) is 60.8 cm³/mol. The minimum absolute atomic E-state index is 0.163. The summed E-state index contributed by atoms with van der Waals surface area (Å²) in [4.78, 5) is 6.38. The number of aliphatic hydroxyl groups excluding tert-OH is 1. The molecule has 15 heavy (non-hydrogen) atoms. The van der Waals surface area contributed by atoms with Crippen LogP contribution in [0.3, 0.4) is 0 Å². The van der Waals surface area contributed by atoms with Crippen LogP contribution in [0, 0.1) is 0 Å². The third-order valence-electron chi connectivity index (χ3n) is 2.49. The molecular weight excluding hydrogens is 214 g/mol. The van der Waals surface area contributed by atoms with Gasteiger partial charge in [0, 0.05) is 19.6 Å². The summed E-state index contributed by atoms with van der Waals surface area (Å²) in [7, 11) is 1.89. The molecule has 0 aliphatic rings. The van der Waals surface area contributed by atoms with E-state index in [-0.39, 0.29) is 6.61 Å². The minimum Gasteiger partial charge on any atom is -0.395 e. The number of aromatic nitrogens is 2. The van der Waals surface area contributed by atoms with Crippen LogP contribution in [0.4, 0.5) is 0 Å². The van der Waals surface area contributed by atoms with Gasteiger partial charge in [0.25, 0.3) is 0 Å². The molecule has 1 aromatic heterocycles. The standard InChI is InChI=1S/C10H18ClN3O/c1-8(2)14(4-5-15)7-10-12-6-9(11)13(10)3/h6,8,15H,4-5,7H2,1-3H3. The van der Waals surface area contributed by atoms with Crippen LogP contribution >= 0.6 is 11.6 Å². The van der Waals surface area contributed by atoms with Gasteiger partial charge in [0.05, 0.1) is 19.3 Å². The fourth-order valence-corrected chi connectivity index (χ4v) is 1.55. The summed E-state index contributed by atoms with van der Waals surface area (Å²) in [6.07, 6.45) is 1.65. The van der Waals surface area contributed by atoms with Crippen molar-refractivity contribution in [1.29, 1.82) is 0 Å². The van der Waals surface area contributed by atoms with Gasteiger partial charge in [-0.15, -0.1) is 0 Å². The first-order valence-corrected chi connectivity index (χ1v) is 5.45. The lowest BCUT2D eigenvalue weighted by Gasteiger charge is -2.24. The van der Waals surface area contributed by atoms with Gasteiger partial charge in [0.1, 0.15) is 11.0 Å². The molecule has 0 unspecified atom stereocenters. The summed E-state index contributed by atoms with van der Waals surface area (Å²) >= 11 is 5.90. The van der Waals surface area contributed by atoms with E-state index in [4.69, 9.17) is 16.7 Å². The van der Waals surface area contributed by atoms with E-state index in [1.807, 2.05) is 11.6 Å². The van der Waals surface area contributed by atoms with Crippen molar-refractivity contribution in [2.75, 3.05) is 13.2 Å². The summed E-state index contributed by atoms with van der Waals surface area (Å²) in [5, 5.41) is 9.58. The largest absolute Gasteiger partial charge is 0.395 e. The molecule has 86 valence electrons. The van der Waals surface area contributed by atoms with Crippen molar-refractivity contribution >= 4 is 11.6 Å². The Kier molecular flexibility index (Phi) is 4.57. The summed E-state index contributed by atoms with van der Waals surface area (Å²) in [5.41, 5.74) is 0. The average Bonchev–Trinajstić information content (AvgIpc) is 2.48. The number of rotatable bonds is 5. The number of hydrogen-bond acceptors (Lipinski definition) is 3. The average molecular weight is 232 g/mol. The number of halogens is 1. The van der Waals surface area contributed by atoms with E-state index in [0.717, 1.165) is 5.82 Å². The highest BCUT2D eigenvalue weighted by Gasteiger charge is 2.13. The van der Waals surface area contributed by atoms with E-state index in [2.05, 4.69) is 23.7 Å². The highest BCUT2D eigenvalue weighted by molar-refractivity contribution is 6.29. The summed E-state index contributed by atoms with van der Waals surface area (Å²) in [5.74, 6) is 0.919. The van der Waals surface area contributed by atoms with Gasteiger partial charge in [-0.25, -0.2) is 4.98 Å². The Labute approximate surface area is 95.5 Å². The van der Waals surface area contributed by atoms with Crippen LogP contribution < -0.4 is 0 Å². The predicted octanol–water partition coefficient (Wildman–Crippen LogP) is 1.28. The maximum atomic E-state index is 8.94. The first kappa shape index (κ1) is 12.5. The Morgan fingerprint density at radius 1 is 1.60 bits per heavy atom. The van der Waals surface area contributed by atoms with Crippen molar-refractivity contribution in [3.63, 3.8) is 0 Å². The van der Waals surface area contributed by atoms with Crippen LogP contribution in [0.1, 0.15) is 19.7 Å². The highest BCUT2D eigenvalue weighted by Crippen LogP contribution is 2.12. The molecule has 0 fully saturated rings. The SMILES string of the molecule is CC(C)N(CCO)Cc1ncc(Cl)n1C. The maximum Gasteiger partial charge on any atom is 0.128 e. The first-order valence-electron chi connectivity index (χ1n) is 5.07. The van der Waals surface area contributed by atoms with Crippen LogP contribution in [-0.2, 0) is 13.6 Å². The summed E-state index contributed by atoms with van der Waals surface area (Å²) < 4.78 is 1.86. The van der Waals surface area contributed by atoms with E-state index in [1.54, 1.807) is 6.20 Å². The zero-order valence-corrected chi connectivity index (χ0v) is 10.2. The third-order valence-corrected chi connectivity index (χ3v) is 2.84. The smallest absolute Gasteiger partial charge is 0.128 e. The van der Waals surface area contributed by atoms with Crippen LogP contribution in [0.15, 0.2) is 6.20 Å². The summed E-state index contributed by atoms with van der Waals surface area (Å²) in [6, 6.07) is 0.382. The Bertz CT molecular complexity index is 312. The molecule has 1 rings (SSSR count). The van der Waals surface area contributed by atoms with Gasteiger partial charge in [-0.2, -0.15) is 0 Å². The van der Waals surface area contributed by atoms with Crippen molar-refractivity contribution in [2.45, 2.75) is 26.4 Å². The van der Waals surface area contributed by atoms with Gasteiger partial charge >= 0.3 is 0 Å².